The summed E-state index contributed by atoms with van der Waals surface area (Å²) in [5, 5.41) is 12.8. The second-order valence-corrected chi connectivity index (χ2v) is 3.76. The average Bonchev–Trinajstić information content (AvgIpc) is 2.40. The summed E-state index contributed by atoms with van der Waals surface area (Å²) in [6.07, 6.45) is 0. The minimum absolute atomic E-state index is 0.124. The Balaban J connectivity index is 2.89. The van der Waals surface area contributed by atoms with Crippen molar-refractivity contribution in [1.29, 1.82) is 0 Å². The number of nitrogens with one attached hydrogen (secondary N) is 1. The van der Waals surface area contributed by atoms with Crippen molar-refractivity contribution in [2.45, 2.75) is 12.5 Å². The lowest BCUT2D eigenvalue weighted by molar-refractivity contribution is -0.0863. The first-order valence-corrected chi connectivity index (χ1v) is 4.83. The Morgan fingerprint density at radius 3 is 2.53 bits per heavy atom. The topological polar surface area (TPSA) is 117 Å². The van der Waals surface area contributed by atoms with E-state index in [1.165, 1.54) is 0 Å². The summed E-state index contributed by atoms with van der Waals surface area (Å²) in [6.45, 7) is 2.76. The van der Waals surface area contributed by atoms with Crippen LogP contribution >= 0.6 is 0 Å². The third-order valence-corrected chi connectivity index (χ3v) is 2.69. The van der Waals surface area contributed by atoms with Gasteiger partial charge in [0.1, 0.15) is 11.4 Å². The number of nitrogens with two attached hydrogens (primary N) is 3. The van der Waals surface area contributed by atoms with Gasteiger partial charge in [-0.3, -0.25) is 5.01 Å². The molecule has 1 atom stereocenters. The molecule has 1 unspecified atom stereocenters. The van der Waals surface area contributed by atoms with Crippen LogP contribution < -0.4 is 22.6 Å². The lowest BCUT2D eigenvalue weighted by Crippen LogP contribution is -2.60. The van der Waals surface area contributed by atoms with Crippen LogP contribution in [-0.4, -0.2) is 47.5 Å². The summed E-state index contributed by atoms with van der Waals surface area (Å²) >= 11 is 0. The lowest BCUT2D eigenvalue weighted by Gasteiger charge is -2.38. The van der Waals surface area contributed by atoms with E-state index in [1.54, 1.807) is 17.2 Å². The number of rotatable bonds is 4. The van der Waals surface area contributed by atoms with Crippen LogP contribution in [0.1, 0.15) is 6.92 Å². The molecule has 1 aliphatic heterocycles. The smallest absolute Gasteiger partial charge is 0.136 e. The van der Waals surface area contributed by atoms with Crippen LogP contribution in [-0.2, 0) is 0 Å². The average molecular weight is 216 g/mol. The monoisotopic (exact) mass is 216 g/mol. The number of hydrazine groups is 2. The maximum absolute atomic E-state index is 9.39. The Morgan fingerprint density at radius 2 is 2.07 bits per heavy atom. The summed E-state index contributed by atoms with van der Waals surface area (Å²) in [5.41, 5.74) is 19.9. The highest BCUT2D eigenvalue weighted by Gasteiger charge is 2.44. The van der Waals surface area contributed by atoms with Gasteiger partial charge in [-0.1, -0.05) is 0 Å². The first-order chi connectivity index (χ1) is 6.99. The highest BCUT2D eigenvalue weighted by molar-refractivity contribution is 5.25. The summed E-state index contributed by atoms with van der Waals surface area (Å²) in [5.74, 6) is 0.441. The molecule has 0 spiro atoms. The Kier molecular flexibility index (Phi) is 3.40. The molecule has 0 radical (unpaired) electrons. The molecule has 0 aromatic carbocycles. The van der Waals surface area contributed by atoms with E-state index in [-0.39, 0.29) is 6.61 Å². The third-order valence-electron chi connectivity index (χ3n) is 2.69. The molecule has 0 saturated heterocycles. The van der Waals surface area contributed by atoms with Crippen molar-refractivity contribution in [1.82, 2.24) is 15.6 Å². The number of aliphatic hydroxyl groups is 1. The zero-order valence-electron chi connectivity index (χ0n) is 9.20. The molecule has 0 saturated carbocycles. The fraction of sp³-hybridized carbons (Fsp3) is 0.750. The van der Waals surface area contributed by atoms with Gasteiger partial charge in [0.25, 0.3) is 0 Å². The minimum atomic E-state index is -0.714. The molecule has 7 heteroatoms. The van der Waals surface area contributed by atoms with Gasteiger partial charge >= 0.3 is 0 Å². The van der Waals surface area contributed by atoms with Crippen molar-refractivity contribution in [3.8, 4) is 0 Å². The van der Waals surface area contributed by atoms with Gasteiger partial charge in [0.05, 0.1) is 12.3 Å². The number of aliphatic hydroxyl groups excluding tert-OH is 1. The Labute approximate surface area is 89.4 Å². The van der Waals surface area contributed by atoms with Gasteiger partial charge in [-0.15, -0.1) is 5.12 Å². The molecule has 0 fully saturated rings. The molecular formula is C8H20N6O. The highest BCUT2D eigenvalue weighted by atomic mass is 16.3. The first kappa shape index (κ1) is 12.1. The Hall–Kier alpha value is -1.02. The summed E-state index contributed by atoms with van der Waals surface area (Å²) in [4.78, 5) is 0. The van der Waals surface area contributed by atoms with Gasteiger partial charge in [-0.05, 0) is 6.92 Å². The molecule has 0 amide bonds. The SMILES string of the molecule is CN1C(N)=C(N)C(C)(CO)N1NCCN. The molecule has 0 aromatic heterocycles. The van der Waals surface area contributed by atoms with Gasteiger partial charge in [0, 0.05) is 20.1 Å². The van der Waals surface area contributed by atoms with Crippen molar-refractivity contribution in [3.63, 3.8) is 0 Å². The van der Waals surface area contributed by atoms with Crippen molar-refractivity contribution in [3.05, 3.63) is 11.5 Å². The lowest BCUT2D eigenvalue weighted by atomic mass is 10.0. The van der Waals surface area contributed by atoms with Gasteiger partial charge in [0.2, 0.25) is 0 Å². The molecule has 1 aliphatic rings. The van der Waals surface area contributed by atoms with E-state index in [0.717, 1.165) is 0 Å². The van der Waals surface area contributed by atoms with E-state index in [9.17, 15) is 5.11 Å². The maximum Gasteiger partial charge on any atom is 0.136 e. The van der Waals surface area contributed by atoms with E-state index >= 15 is 0 Å². The molecule has 1 heterocycles. The molecule has 0 aliphatic carbocycles. The fourth-order valence-corrected chi connectivity index (χ4v) is 1.61. The van der Waals surface area contributed by atoms with E-state index in [2.05, 4.69) is 5.43 Å². The zero-order valence-corrected chi connectivity index (χ0v) is 9.20. The molecule has 15 heavy (non-hydrogen) atoms. The Bertz CT molecular complexity index is 268. The standard InChI is InChI=1S/C8H20N6O/c1-8(5-15)6(10)7(11)13(2)14(8)12-4-3-9/h12,15H,3-5,9-11H2,1-2H3. The van der Waals surface area contributed by atoms with Crippen LogP contribution in [0.4, 0.5) is 0 Å². The highest BCUT2D eigenvalue weighted by Crippen LogP contribution is 2.29. The van der Waals surface area contributed by atoms with Crippen LogP contribution in [0.15, 0.2) is 11.5 Å². The van der Waals surface area contributed by atoms with Crippen LogP contribution in [0.5, 0.6) is 0 Å². The fourth-order valence-electron chi connectivity index (χ4n) is 1.61. The molecule has 8 N–H and O–H groups in total. The molecule has 0 bridgehead atoms. The number of hydrogen-bond acceptors (Lipinski definition) is 7. The second-order valence-electron chi connectivity index (χ2n) is 3.76. The summed E-state index contributed by atoms with van der Waals surface area (Å²) < 4.78 is 0. The van der Waals surface area contributed by atoms with Crippen LogP contribution in [0.2, 0.25) is 0 Å². The first-order valence-electron chi connectivity index (χ1n) is 4.83. The van der Waals surface area contributed by atoms with Crippen molar-refractivity contribution in [2.24, 2.45) is 17.2 Å². The van der Waals surface area contributed by atoms with Gasteiger partial charge < -0.3 is 22.3 Å². The third kappa shape index (κ3) is 1.74. The van der Waals surface area contributed by atoms with Gasteiger partial charge in [-0.2, -0.15) is 0 Å². The maximum atomic E-state index is 9.39. The largest absolute Gasteiger partial charge is 0.397 e. The second kappa shape index (κ2) is 4.23. The predicted molar refractivity (Wildman–Crippen MR) is 57.6 cm³/mol. The predicted octanol–water partition coefficient (Wildman–Crippen LogP) is -2.55. The zero-order chi connectivity index (χ0) is 11.6. The summed E-state index contributed by atoms with van der Waals surface area (Å²) in [7, 11) is 1.77. The minimum Gasteiger partial charge on any atom is -0.397 e. The van der Waals surface area contributed by atoms with E-state index in [0.29, 0.717) is 24.6 Å². The van der Waals surface area contributed by atoms with Crippen LogP contribution in [0, 0.1) is 0 Å². The summed E-state index contributed by atoms with van der Waals surface area (Å²) in [6, 6.07) is 0. The Morgan fingerprint density at radius 1 is 1.47 bits per heavy atom. The van der Waals surface area contributed by atoms with Gasteiger partial charge in [0.15, 0.2) is 0 Å². The van der Waals surface area contributed by atoms with E-state index < -0.39 is 5.54 Å². The number of nitrogens with zero attached hydrogens (tertiary/aromatic N) is 2. The normalized spacial score (nSPS) is 27.9. The van der Waals surface area contributed by atoms with Crippen LogP contribution in [0.25, 0.3) is 0 Å². The molecule has 0 aromatic rings. The molecule has 1 rings (SSSR count). The molecule has 7 nitrogen and oxygen atoms in total. The van der Waals surface area contributed by atoms with E-state index in [1.807, 2.05) is 6.92 Å². The van der Waals surface area contributed by atoms with Crippen molar-refractivity contribution in [2.75, 3.05) is 26.7 Å². The van der Waals surface area contributed by atoms with Crippen molar-refractivity contribution >= 4 is 0 Å². The number of hydrogen-bond donors (Lipinski definition) is 5. The molecular weight excluding hydrogens is 196 g/mol. The quantitative estimate of drug-likeness (QED) is 0.351. The van der Waals surface area contributed by atoms with E-state index in [4.69, 9.17) is 17.2 Å². The van der Waals surface area contributed by atoms with Gasteiger partial charge in [-0.25, -0.2) is 5.43 Å². The van der Waals surface area contributed by atoms with Crippen LogP contribution in [0.3, 0.4) is 0 Å². The molecule has 88 valence electrons. The van der Waals surface area contributed by atoms with Crippen molar-refractivity contribution < 1.29 is 5.11 Å².